The summed E-state index contributed by atoms with van der Waals surface area (Å²) in [5.74, 6) is -0.521. The minimum atomic E-state index is -0.489. The molecule has 3 aliphatic rings. The molecule has 3 aliphatic carbocycles. The lowest BCUT2D eigenvalue weighted by Gasteiger charge is -2.44. The summed E-state index contributed by atoms with van der Waals surface area (Å²) >= 11 is 0. The van der Waals surface area contributed by atoms with E-state index in [1.807, 2.05) is 0 Å². The smallest absolute Gasteiger partial charge is 0.127 e. The highest BCUT2D eigenvalue weighted by atomic mass is 19.1. The molecule has 3 heteroatoms. The van der Waals surface area contributed by atoms with Crippen molar-refractivity contribution < 1.29 is 13.9 Å². The van der Waals surface area contributed by atoms with Crippen LogP contribution >= 0.6 is 0 Å². The Bertz CT molecular complexity index is 414. The maximum absolute atomic E-state index is 13.6. The Morgan fingerprint density at radius 3 is 2.73 bits per heavy atom. The molecule has 1 N–H and O–H groups in total. The Labute approximate surface area is 86.7 Å². The molecule has 0 radical (unpaired) electrons. The lowest BCUT2D eigenvalue weighted by molar-refractivity contribution is -0.0192. The van der Waals surface area contributed by atoms with E-state index >= 15 is 0 Å². The van der Waals surface area contributed by atoms with Gasteiger partial charge in [-0.05, 0) is 48.9 Å². The molecule has 0 saturated heterocycles. The van der Waals surface area contributed by atoms with Crippen molar-refractivity contribution in [3.63, 3.8) is 0 Å². The van der Waals surface area contributed by atoms with Crippen molar-refractivity contribution >= 4 is 0 Å². The summed E-state index contributed by atoms with van der Waals surface area (Å²) in [5.41, 5.74) is -0.125. The molecule has 0 aromatic heterocycles. The fraction of sp³-hybridized carbons (Fsp3) is 0.500. The molecule has 0 spiro atoms. The largest absolute Gasteiger partial charge is 0.392 e. The summed E-state index contributed by atoms with van der Waals surface area (Å²) in [6, 6.07) is 3.50. The van der Waals surface area contributed by atoms with Gasteiger partial charge in [-0.15, -0.1) is 0 Å². The number of aliphatic hydroxyl groups is 1. The molecule has 2 bridgehead atoms. The van der Waals surface area contributed by atoms with E-state index in [9.17, 15) is 13.9 Å². The van der Waals surface area contributed by atoms with Gasteiger partial charge in [-0.3, -0.25) is 0 Å². The first-order valence-electron chi connectivity index (χ1n) is 5.27. The third-order valence-electron chi connectivity index (χ3n) is 4.07. The Morgan fingerprint density at radius 1 is 1.33 bits per heavy atom. The lowest BCUT2D eigenvalue weighted by Crippen LogP contribution is -2.49. The van der Waals surface area contributed by atoms with E-state index in [4.69, 9.17) is 0 Å². The Balaban J connectivity index is 2.09. The minimum absolute atomic E-state index is 0.299. The van der Waals surface area contributed by atoms with Crippen LogP contribution in [0.2, 0.25) is 0 Å². The Morgan fingerprint density at radius 2 is 2.13 bits per heavy atom. The molecule has 1 aromatic carbocycles. The van der Waals surface area contributed by atoms with E-state index < -0.39 is 23.2 Å². The van der Waals surface area contributed by atoms with Crippen molar-refractivity contribution in [1.82, 2.24) is 0 Å². The highest BCUT2D eigenvalue weighted by Gasteiger charge is 2.60. The van der Waals surface area contributed by atoms with Crippen LogP contribution in [0.5, 0.6) is 0 Å². The van der Waals surface area contributed by atoms with Gasteiger partial charge in [0.25, 0.3) is 0 Å². The van der Waals surface area contributed by atoms with Crippen LogP contribution in [-0.2, 0) is 5.41 Å². The van der Waals surface area contributed by atoms with Crippen LogP contribution in [0.4, 0.5) is 8.78 Å². The summed E-state index contributed by atoms with van der Waals surface area (Å²) in [6.07, 6.45) is 2.03. The zero-order valence-electron chi connectivity index (χ0n) is 8.21. The Kier molecular flexibility index (Phi) is 1.72. The van der Waals surface area contributed by atoms with Crippen molar-refractivity contribution in [3.05, 3.63) is 35.4 Å². The van der Waals surface area contributed by atoms with Gasteiger partial charge >= 0.3 is 0 Å². The maximum atomic E-state index is 13.6. The van der Waals surface area contributed by atoms with Gasteiger partial charge in [0.15, 0.2) is 0 Å². The summed E-state index contributed by atoms with van der Waals surface area (Å²) in [5, 5.41) is 9.88. The molecule has 0 amide bonds. The van der Waals surface area contributed by atoms with Gasteiger partial charge in [0.05, 0.1) is 6.10 Å². The highest BCUT2D eigenvalue weighted by Crippen LogP contribution is 2.60. The topological polar surface area (TPSA) is 20.2 Å². The van der Waals surface area contributed by atoms with E-state index in [-0.39, 0.29) is 0 Å². The van der Waals surface area contributed by atoms with Gasteiger partial charge in [-0.25, -0.2) is 8.78 Å². The lowest BCUT2D eigenvalue weighted by atomic mass is 9.63. The van der Waals surface area contributed by atoms with Crippen molar-refractivity contribution in [2.24, 2.45) is 5.92 Å². The van der Waals surface area contributed by atoms with Crippen LogP contribution in [0.3, 0.4) is 0 Å². The second kappa shape index (κ2) is 2.79. The predicted molar refractivity (Wildman–Crippen MR) is 51.4 cm³/mol. The number of hydrogen-bond donors (Lipinski definition) is 1. The molecule has 1 nitrogen and oxygen atoms in total. The van der Waals surface area contributed by atoms with Crippen LogP contribution in [-0.4, -0.2) is 11.2 Å². The van der Waals surface area contributed by atoms with Gasteiger partial charge in [-0.2, -0.15) is 0 Å². The van der Waals surface area contributed by atoms with Crippen LogP contribution < -0.4 is 0 Å². The number of hydrogen-bond acceptors (Lipinski definition) is 1. The third-order valence-corrected chi connectivity index (χ3v) is 4.07. The van der Waals surface area contributed by atoms with Crippen LogP contribution in [0.15, 0.2) is 18.2 Å². The zero-order valence-corrected chi connectivity index (χ0v) is 8.21. The second-order valence-corrected chi connectivity index (χ2v) is 4.73. The second-order valence-electron chi connectivity index (χ2n) is 4.73. The normalized spacial score (nSPS) is 37.8. The van der Waals surface area contributed by atoms with Gasteiger partial charge < -0.3 is 5.11 Å². The van der Waals surface area contributed by atoms with Gasteiger partial charge in [0.2, 0.25) is 0 Å². The van der Waals surface area contributed by atoms with E-state index in [1.54, 1.807) is 0 Å². The molecule has 15 heavy (non-hydrogen) atoms. The first-order chi connectivity index (χ1) is 7.13. The standard InChI is InChI=1S/C12H12F2O/c13-8-1-2-10(14)9(5-8)12-4-3-7(6-12)11(12)15/h1-2,5,7,11,15H,3-4,6H2. The number of halogens is 2. The molecule has 0 heterocycles. The van der Waals surface area contributed by atoms with Crippen LogP contribution in [0, 0.1) is 17.6 Å². The maximum Gasteiger partial charge on any atom is 0.127 e. The zero-order chi connectivity index (χ0) is 10.6. The Hall–Kier alpha value is -0.960. The summed E-state index contributed by atoms with van der Waals surface area (Å²) < 4.78 is 26.7. The number of benzene rings is 1. The fourth-order valence-electron chi connectivity index (χ4n) is 3.23. The SMILES string of the molecule is OC1C2CCC1(c1cc(F)ccc1F)C2. The monoisotopic (exact) mass is 210 g/mol. The number of fused-ring (bicyclic) bond motifs is 1. The first kappa shape index (κ1) is 9.28. The highest BCUT2D eigenvalue weighted by molar-refractivity contribution is 5.36. The molecule has 0 aliphatic heterocycles. The molecular weight excluding hydrogens is 198 g/mol. The molecule has 80 valence electrons. The van der Waals surface area contributed by atoms with Gasteiger partial charge in [0.1, 0.15) is 11.6 Å². The van der Waals surface area contributed by atoms with Crippen LogP contribution in [0.25, 0.3) is 0 Å². The van der Waals surface area contributed by atoms with Gasteiger partial charge in [0, 0.05) is 5.41 Å². The first-order valence-corrected chi connectivity index (χ1v) is 5.27. The molecule has 3 unspecified atom stereocenters. The third kappa shape index (κ3) is 1.04. The molecule has 4 rings (SSSR count). The van der Waals surface area contributed by atoms with E-state index in [0.29, 0.717) is 11.5 Å². The van der Waals surface area contributed by atoms with Crippen molar-refractivity contribution in [3.8, 4) is 0 Å². The fourth-order valence-corrected chi connectivity index (χ4v) is 3.23. The average molecular weight is 210 g/mol. The van der Waals surface area contributed by atoms with Crippen molar-refractivity contribution in [2.45, 2.75) is 30.8 Å². The van der Waals surface area contributed by atoms with E-state index in [2.05, 4.69) is 0 Å². The summed E-state index contributed by atoms with van der Waals surface area (Å²) in [7, 11) is 0. The molecule has 3 saturated carbocycles. The average Bonchev–Trinajstić information content (AvgIpc) is 2.79. The van der Waals surface area contributed by atoms with E-state index in [1.165, 1.54) is 6.07 Å². The molecule has 3 atom stereocenters. The molecule has 1 aromatic rings. The predicted octanol–water partition coefficient (Wildman–Crippen LogP) is 2.38. The summed E-state index contributed by atoms with van der Waals surface area (Å²) in [6.45, 7) is 0. The van der Waals surface area contributed by atoms with Gasteiger partial charge in [-0.1, -0.05) is 0 Å². The van der Waals surface area contributed by atoms with Crippen molar-refractivity contribution in [1.29, 1.82) is 0 Å². The van der Waals surface area contributed by atoms with Crippen molar-refractivity contribution in [2.75, 3.05) is 0 Å². The molecular formula is C12H12F2O. The minimum Gasteiger partial charge on any atom is -0.392 e. The quantitative estimate of drug-likeness (QED) is 0.754. The van der Waals surface area contributed by atoms with Crippen LogP contribution in [0.1, 0.15) is 24.8 Å². The number of aliphatic hydroxyl groups excluding tert-OH is 1. The molecule has 3 fully saturated rings. The number of rotatable bonds is 1. The van der Waals surface area contributed by atoms with E-state index in [0.717, 1.165) is 31.4 Å². The summed E-state index contributed by atoms with van der Waals surface area (Å²) in [4.78, 5) is 0.